The Morgan fingerprint density at radius 1 is 1.11 bits per heavy atom. The molecule has 94 valence electrons. The minimum Gasteiger partial charge on any atom is -0.370 e. The predicted molar refractivity (Wildman–Crippen MR) is 75.5 cm³/mol. The number of hydrogen-bond donors (Lipinski definition) is 1. The van der Waals surface area contributed by atoms with Gasteiger partial charge < -0.3 is 10.2 Å². The number of nitrogens with one attached hydrogen (secondary N) is 1. The molecule has 1 heterocycles. The van der Waals surface area contributed by atoms with Crippen molar-refractivity contribution in [3.8, 4) is 0 Å². The molecule has 0 aliphatic rings. The maximum atomic E-state index is 4.04. The van der Waals surface area contributed by atoms with Crippen molar-refractivity contribution in [2.24, 2.45) is 0 Å². The third-order valence-electron chi connectivity index (χ3n) is 2.94. The molecule has 3 nitrogen and oxygen atoms in total. The summed E-state index contributed by atoms with van der Waals surface area (Å²) in [7, 11) is 4.09. The van der Waals surface area contributed by atoms with E-state index < -0.39 is 0 Å². The molecule has 0 aliphatic heterocycles. The molecular formula is C15H19N3. The largest absolute Gasteiger partial charge is 0.370 e. The molecule has 1 N–H and O–H groups in total. The van der Waals surface area contributed by atoms with Gasteiger partial charge in [0.25, 0.3) is 0 Å². The van der Waals surface area contributed by atoms with Crippen LogP contribution in [0.5, 0.6) is 0 Å². The number of para-hydroxylation sites is 1. The van der Waals surface area contributed by atoms with E-state index in [9.17, 15) is 0 Å². The van der Waals surface area contributed by atoms with Gasteiger partial charge in [-0.15, -0.1) is 0 Å². The number of anilines is 1. The van der Waals surface area contributed by atoms with Crippen molar-refractivity contribution in [1.29, 1.82) is 0 Å². The molecule has 0 spiro atoms. The zero-order valence-electron chi connectivity index (χ0n) is 10.9. The van der Waals surface area contributed by atoms with E-state index >= 15 is 0 Å². The first-order chi connectivity index (χ1) is 8.81. The smallest absolute Gasteiger partial charge is 0.0427 e. The molecule has 0 fully saturated rings. The molecular weight excluding hydrogens is 222 g/mol. The summed E-state index contributed by atoms with van der Waals surface area (Å²) < 4.78 is 0. The second kappa shape index (κ2) is 6.17. The molecule has 0 aliphatic carbocycles. The highest BCUT2D eigenvalue weighted by molar-refractivity contribution is 5.53. The van der Waals surface area contributed by atoms with Gasteiger partial charge in [0.15, 0.2) is 0 Å². The van der Waals surface area contributed by atoms with Gasteiger partial charge in [-0.05, 0) is 36.4 Å². The molecule has 1 aromatic carbocycles. The molecule has 0 saturated heterocycles. The molecule has 2 rings (SSSR count). The molecule has 0 radical (unpaired) electrons. The van der Waals surface area contributed by atoms with Crippen molar-refractivity contribution in [2.45, 2.75) is 13.1 Å². The van der Waals surface area contributed by atoms with Crippen molar-refractivity contribution in [3.63, 3.8) is 0 Å². The monoisotopic (exact) mass is 241 g/mol. The third-order valence-corrected chi connectivity index (χ3v) is 2.94. The summed E-state index contributed by atoms with van der Waals surface area (Å²) in [5, 5.41) is 3.21. The normalized spacial score (nSPS) is 10.3. The average molecular weight is 241 g/mol. The minimum atomic E-state index is 0.886. The first-order valence-corrected chi connectivity index (χ1v) is 6.14. The highest BCUT2D eigenvalue weighted by Crippen LogP contribution is 2.20. The number of aromatic nitrogens is 1. The highest BCUT2D eigenvalue weighted by Gasteiger charge is 2.06. The quantitative estimate of drug-likeness (QED) is 0.871. The van der Waals surface area contributed by atoms with Crippen LogP contribution in [0.4, 0.5) is 5.69 Å². The van der Waals surface area contributed by atoms with E-state index in [0.29, 0.717) is 0 Å². The lowest BCUT2D eigenvalue weighted by Gasteiger charge is -2.22. The fraction of sp³-hybridized carbons (Fsp3) is 0.267. The first-order valence-electron chi connectivity index (χ1n) is 6.14. The summed E-state index contributed by atoms with van der Waals surface area (Å²) in [5.74, 6) is 0. The van der Waals surface area contributed by atoms with Crippen LogP contribution in [0.25, 0.3) is 0 Å². The molecule has 2 aromatic rings. The van der Waals surface area contributed by atoms with Gasteiger partial charge in [0, 0.05) is 38.2 Å². The van der Waals surface area contributed by atoms with Gasteiger partial charge in [0.05, 0.1) is 0 Å². The van der Waals surface area contributed by atoms with Crippen LogP contribution in [0, 0.1) is 0 Å². The number of pyridine rings is 1. The van der Waals surface area contributed by atoms with Crippen molar-refractivity contribution in [1.82, 2.24) is 10.3 Å². The van der Waals surface area contributed by atoms with Crippen LogP contribution in [0.3, 0.4) is 0 Å². The van der Waals surface area contributed by atoms with E-state index in [1.54, 1.807) is 0 Å². The molecule has 0 unspecified atom stereocenters. The van der Waals surface area contributed by atoms with Crippen LogP contribution in [0.2, 0.25) is 0 Å². The van der Waals surface area contributed by atoms with Gasteiger partial charge in [-0.3, -0.25) is 4.98 Å². The van der Waals surface area contributed by atoms with Crippen LogP contribution < -0.4 is 10.2 Å². The average Bonchev–Trinajstić information content (AvgIpc) is 2.41. The highest BCUT2D eigenvalue weighted by atomic mass is 15.1. The molecule has 1 aromatic heterocycles. The van der Waals surface area contributed by atoms with Crippen LogP contribution in [-0.4, -0.2) is 19.1 Å². The Hall–Kier alpha value is -1.87. The lowest BCUT2D eigenvalue weighted by Crippen LogP contribution is -2.19. The van der Waals surface area contributed by atoms with Gasteiger partial charge in [0.1, 0.15) is 0 Å². The van der Waals surface area contributed by atoms with Crippen LogP contribution in [0.15, 0.2) is 48.8 Å². The number of rotatable bonds is 5. The van der Waals surface area contributed by atoms with E-state index in [0.717, 1.165) is 13.1 Å². The van der Waals surface area contributed by atoms with E-state index in [2.05, 4.69) is 58.6 Å². The van der Waals surface area contributed by atoms with Gasteiger partial charge in [0.2, 0.25) is 0 Å². The Morgan fingerprint density at radius 3 is 2.56 bits per heavy atom. The van der Waals surface area contributed by atoms with E-state index in [1.165, 1.54) is 16.8 Å². The summed E-state index contributed by atoms with van der Waals surface area (Å²) in [5.41, 5.74) is 3.85. The first kappa shape index (κ1) is 12.6. The standard InChI is InChI=1S/C15H19N3/c1-16-11-14-5-3-4-6-15(14)18(2)12-13-7-9-17-10-8-13/h3-10,16H,11-12H2,1-2H3. The minimum absolute atomic E-state index is 0.886. The Balaban J connectivity index is 2.16. The molecule has 0 atom stereocenters. The molecule has 3 heteroatoms. The lowest BCUT2D eigenvalue weighted by molar-refractivity contribution is 0.805. The third kappa shape index (κ3) is 3.08. The van der Waals surface area contributed by atoms with Crippen molar-refractivity contribution in [3.05, 3.63) is 59.9 Å². The SMILES string of the molecule is CNCc1ccccc1N(C)Cc1ccncc1. The van der Waals surface area contributed by atoms with Gasteiger partial charge in [-0.1, -0.05) is 18.2 Å². The van der Waals surface area contributed by atoms with Crippen molar-refractivity contribution < 1.29 is 0 Å². The Labute approximate surface area is 108 Å². The zero-order valence-corrected chi connectivity index (χ0v) is 10.9. The maximum absolute atomic E-state index is 4.04. The number of hydrogen-bond acceptors (Lipinski definition) is 3. The number of nitrogens with zero attached hydrogens (tertiary/aromatic N) is 2. The number of benzene rings is 1. The summed E-state index contributed by atoms with van der Waals surface area (Å²) in [4.78, 5) is 6.31. The van der Waals surface area contributed by atoms with Crippen LogP contribution in [0.1, 0.15) is 11.1 Å². The molecule has 0 amide bonds. The molecule has 0 saturated carbocycles. The summed E-state index contributed by atoms with van der Waals surface area (Å²) in [6.07, 6.45) is 3.67. The van der Waals surface area contributed by atoms with E-state index in [1.807, 2.05) is 19.4 Å². The lowest BCUT2D eigenvalue weighted by atomic mass is 10.1. The van der Waals surface area contributed by atoms with Crippen molar-refractivity contribution in [2.75, 3.05) is 19.0 Å². The fourth-order valence-electron chi connectivity index (χ4n) is 2.07. The van der Waals surface area contributed by atoms with Gasteiger partial charge >= 0.3 is 0 Å². The van der Waals surface area contributed by atoms with Crippen LogP contribution in [-0.2, 0) is 13.1 Å². The second-order valence-electron chi connectivity index (χ2n) is 4.37. The predicted octanol–water partition coefficient (Wildman–Crippen LogP) is 2.44. The van der Waals surface area contributed by atoms with Crippen LogP contribution >= 0.6 is 0 Å². The Bertz CT molecular complexity index is 482. The maximum Gasteiger partial charge on any atom is 0.0427 e. The van der Waals surface area contributed by atoms with E-state index in [4.69, 9.17) is 0 Å². The zero-order chi connectivity index (χ0) is 12.8. The summed E-state index contributed by atoms with van der Waals surface area (Å²) >= 11 is 0. The topological polar surface area (TPSA) is 28.2 Å². The van der Waals surface area contributed by atoms with E-state index in [-0.39, 0.29) is 0 Å². The summed E-state index contributed by atoms with van der Waals surface area (Å²) in [6.45, 7) is 1.78. The van der Waals surface area contributed by atoms with Crippen molar-refractivity contribution >= 4 is 5.69 Å². The Kier molecular flexibility index (Phi) is 4.31. The molecule has 0 bridgehead atoms. The second-order valence-corrected chi connectivity index (χ2v) is 4.37. The molecule has 18 heavy (non-hydrogen) atoms. The van der Waals surface area contributed by atoms with Gasteiger partial charge in [-0.25, -0.2) is 0 Å². The fourth-order valence-corrected chi connectivity index (χ4v) is 2.07. The van der Waals surface area contributed by atoms with Gasteiger partial charge in [-0.2, -0.15) is 0 Å². The Morgan fingerprint density at radius 2 is 1.83 bits per heavy atom. The summed E-state index contributed by atoms with van der Waals surface area (Å²) in [6, 6.07) is 12.6.